The first kappa shape index (κ1) is 11.4. The van der Waals surface area contributed by atoms with Crippen molar-refractivity contribution in [1.82, 2.24) is 9.88 Å². The Balaban J connectivity index is 2.02. The van der Waals surface area contributed by atoms with Gasteiger partial charge in [-0.25, -0.2) is 4.98 Å². The zero-order valence-corrected chi connectivity index (χ0v) is 10.5. The minimum absolute atomic E-state index is 0.564. The first-order valence-electron chi connectivity index (χ1n) is 5.48. The molecule has 16 heavy (non-hydrogen) atoms. The molecule has 1 fully saturated rings. The number of aromatic nitrogens is 1. The van der Waals surface area contributed by atoms with E-state index in [9.17, 15) is 0 Å². The van der Waals surface area contributed by atoms with Crippen molar-refractivity contribution < 1.29 is 0 Å². The molecule has 0 bridgehead atoms. The average molecular weight is 236 g/mol. The van der Waals surface area contributed by atoms with E-state index in [0.29, 0.717) is 10.9 Å². The second kappa shape index (κ2) is 4.81. The van der Waals surface area contributed by atoms with Crippen molar-refractivity contribution in [3.05, 3.63) is 11.1 Å². The number of nitrogens with zero attached hydrogens (tertiary/aromatic N) is 4. The van der Waals surface area contributed by atoms with Crippen LogP contribution >= 0.6 is 11.3 Å². The lowest BCUT2D eigenvalue weighted by Gasteiger charge is -2.34. The van der Waals surface area contributed by atoms with Gasteiger partial charge in [0.1, 0.15) is 10.9 Å². The molecule has 0 amide bonds. The average Bonchev–Trinajstić information content (AvgIpc) is 2.77. The molecule has 1 aromatic rings. The molecule has 0 radical (unpaired) electrons. The van der Waals surface area contributed by atoms with E-state index in [2.05, 4.69) is 34.9 Å². The molecule has 0 unspecified atom stereocenters. The van der Waals surface area contributed by atoms with Gasteiger partial charge < -0.3 is 9.80 Å². The number of thiazole rings is 1. The van der Waals surface area contributed by atoms with Crippen LogP contribution in [-0.4, -0.2) is 43.1 Å². The lowest BCUT2D eigenvalue weighted by atomic mass is 10.0. The van der Waals surface area contributed by atoms with Crippen molar-refractivity contribution in [3.8, 4) is 6.07 Å². The van der Waals surface area contributed by atoms with Crippen LogP contribution in [0, 0.1) is 11.3 Å². The van der Waals surface area contributed by atoms with E-state index in [4.69, 9.17) is 5.26 Å². The van der Waals surface area contributed by atoms with Crippen molar-refractivity contribution in [3.63, 3.8) is 0 Å². The molecule has 0 aromatic carbocycles. The summed E-state index contributed by atoms with van der Waals surface area (Å²) in [6, 6.07) is 2.70. The number of hydrogen-bond acceptors (Lipinski definition) is 5. The summed E-state index contributed by atoms with van der Waals surface area (Å²) < 4.78 is 0. The van der Waals surface area contributed by atoms with Gasteiger partial charge in [-0.2, -0.15) is 5.26 Å². The molecular weight excluding hydrogens is 220 g/mol. The van der Waals surface area contributed by atoms with Crippen LogP contribution in [0.4, 0.5) is 5.13 Å². The van der Waals surface area contributed by atoms with E-state index in [1.807, 2.05) is 0 Å². The molecule has 0 spiro atoms. The van der Waals surface area contributed by atoms with Crippen LogP contribution in [0.2, 0.25) is 0 Å². The third-order valence-corrected chi connectivity index (χ3v) is 4.13. The Bertz CT molecular complexity index is 387. The molecule has 1 aromatic heterocycles. The van der Waals surface area contributed by atoms with E-state index >= 15 is 0 Å². The minimum Gasteiger partial charge on any atom is -0.348 e. The maximum absolute atomic E-state index is 8.77. The van der Waals surface area contributed by atoms with Gasteiger partial charge in [0.05, 0.1) is 6.20 Å². The monoisotopic (exact) mass is 236 g/mol. The summed E-state index contributed by atoms with van der Waals surface area (Å²) in [5.41, 5.74) is 0. The fraction of sp³-hybridized carbons (Fsp3) is 0.636. The highest BCUT2D eigenvalue weighted by atomic mass is 32.1. The maximum atomic E-state index is 8.77. The van der Waals surface area contributed by atoms with Crippen molar-refractivity contribution >= 4 is 16.5 Å². The third kappa shape index (κ3) is 2.34. The van der Waals surface area contributed by atoms with Crippen molar-refractivity contribution in [2.75, 3.05) is 32.1 Å². The Morgan fingerprint density at radius 1 is 1.56 bits per heavy atom. The molecule has 1 aliphatic rings. The molecule has 0 N–H and O–H groups in total. The Hall–Kier alpha value is -1.12. The molecule has 1 saturated heterocycles. The minimum atomic E-state index is 0.564. The number of nitriles is 1. The van der Waals surface area contributed by atoms with Crippen LogP contribution in [0.15, 0.2) is 6.20 Å². The third-order valence-electron chi connectivity index (χ3n) is 3.14. The van der Waals surface area contributed by atoms with E-state index in [1.165, 1.54) is 24.2 Å². The number of hydrogen-bond donors (Lipinski definition) is 0. The topological polar surface area (TPSA) is 43.2 Å². The second-order valence-electron chi connectivity index (χ2n) is 4.26. The number of piperidine rings is 1. The predicted molar refractivity (Wildman–Crippen MR) is 65.8 cm³/mol. The fourth-order valence-corrected chi connectivity index (χ4v) is 2.76. The maximum Gasteiger partial charge on any atom is 0.186 e. The molecule has 0 saturated carbocycles. The summed E-state index contributed by atoms with van der Waals surface area (Å²) in [6.45, 7) is 2.29. The number of anilines is 1. The van der Waals surface area contributed by atoms with Gasteiger partial charge in [0.15, 0.2) is 5.13 Å². The lowest BCUT2D eigenvalue weighted by Crippen LogP contribution is -2.41. The van der Waals surface area contributed by atoms with Crippen LogP contribution in [0.3, 0.4) is 0 Å². The van der Waals surface area contributed by atoms with E-state index < -0.39 is 0 Å². The van der Waals surface area contributed by atoms with Gasteiger partial charge in [0, 0.05) is 13.1 Å². The zero-order chi connectivity index (χ0) is 11.5. The van der Waals surface area contributed by atoms with Crippen LogP contribution in [0.25, 0.3) is 0 Å². The summed E-state index contributed by atoms with van der Waals surface area (Å²) in [5.74, 6) is 0. The van der Waals surface area contributed by atoms with E-state index in [-0.39, 0.29) is 0 Å². The molecule has 4 nitrogen and oxygen atoms in total. The quantitative estimate of drug-likeness (QED) is 0.781. The van der Waals surface area contributed by atoms with Crippen LogP contribution in [0.1, 0.15) is 17.7 Å². The van der Waals surface area contributed by atoms with Gasteiger partial charge >= 0.3 is 0 Å². The molecule has 0 atom stereocenters. The molecule has 2 rings (SSSR count). The van der Waals surface area contributed by atoms with Gasteiger partial charge in [-0.05, 0) is 33.0 Å². The van der Waals surface area contributed by atoms with Crippen molar-refractivity contribution in [1.29, 1.82) is 5.26 Å². The van der Waals surface area contributed by atoms with Crippen LogP contribution in [0.5, 0.6) is 0 Å². The Morgan fingerprint density at radius 3 is 2.81 bits per heavy atom. The van der Waals surface area contributed by atoms with Gasteiger partial charge in [0.2, 0.25) is 0 Å². The van der Waals surface area contributed by atoms with Gasteiger partial charge in [-0.15, -0.1) is 0 Å². The van der Waals surface area contributed by atoms with E-state index in [0.717, 1.165) is 18.2 Å². The normalized spacial score (nSPS) is 18.3. The number of likely N-dealkylation sites (tertiary alicyclic amines) is 1. The highest BCUT2D eigenvalue weighted by Gasteiger charge is 2.22. The molecule has 5 heteroatoms. The highest BCUT2D eigenvalue weighted by Crippen LogP contribution is 2.25. The molecular formula is C11H16N4S. The first-order chi connectivity index (χ1) is 7.70. The van der Waals surface area contributed by atoms with Crippen LogP contribution in [-0.2, 0) is 0 Å². The summed E-state index contributed by atoms with van der Waals surface area (Å²) in [4.78, 5) is 9.55. The first-order valence-corrected chi connectivity index (χ1v) is 6.29. The Kier molecular flexibility index (Phi) is 3.42. The Labute approximate surface area is 100 Å². The second-order valence-corrected chi connectivity index (χ2v) is 5.27. The SMILES string of the molecule is CN1CCC(N(C)c2ncc(C#N)s2)CC1. The predicted octanol–water partition coefficient (Wildman–Crippen LogP) is 1.55. The molecule has 1 aliphatic heterocycles. The largest absolute Gasteiger partial charge is 0.348 e. The van der Waals surface area contributed by atoms with Crippen LogP contribution < -0.4 is 4.90 Å². The molecule has 0 aliphatic carbocycles. The highest BCUT2D eigenvalue weighted by molar-refractivity contribution is 7.16. The van der Waals surface area contributed by atoms with E-state index in [1.54, 1.807) is 6.20 Å². The van der Waals surface area contributed by atoms with Gasteiger partial charge in [0.25, 0.3) is 0 Å². The molecule has 2 heterocycles. The lowest BCUT2D eigenvalue weighted by molar-refractivity contribution is 0.253. The summed E-state index contributed by atoms with van der Waals surface area (Å²) in [6.07, 6.45) is 4.01. The summed E-state index contributed by atoms with van der Waals surface area (Å²) in [5, 5.41) is 9.74. The number of rotatable bonds is 2. The molecule has 86 valence electrons. The van der Waals surface area contributed by atoms with Crippen molar-refractivity contribution in [2.45, 2.75) is 18.9 Å². The fourth-order valence-electron chi connectivity index (χ4n) is 2.02. The van der Waals surface area contributed by atoms with Gasteiger partial charge in [-0.1, -0.05) is 11.3 Å². The standard InChI is InChI=1S/C11H16N4S/c1-14-5-3-9(4-6-14)15(2)11-13-8-10(7-12)16-11/h8-9H,3-6H2,1-2H3. The smallest absolute Gasteiger partial charge is 0.186 e. The van der Waals surface area contributed by atoms with Crippen molar-refractivity contribution in [2.24, 2.45) is 0 Å². The summed E-state index contributed by atoms with van der Waals surface area (Å²) >= 11 is 1.48. The zero-order valence-electron chi connectivity index (χ0n) is 9.68. The Morgan fingerprint density at radius 2 is 2.25 bits per heavy atom. The van der Waals surface area contributed by atoms with Gasteiger partial charge in [-0.3, -0.25) is 0 Å². The summed E-state index contributed by atoms with van der Waals surface area (Å²) in [7, 11) is 4.24.